The second-order valence-corrected chi connectivity index (χ2v) is 4.87. The molecule has 0 atom stereocenters. The van der Waals surface area contributed by atoms with Crippen molar-refractivity contribution in [3.63, 3.8) is 0 Å². The Morgan fingerprint density at radius 2 is 1.67 bits per heavy atom. The maximum atomic E-state index is 5.73. The molecule has 21 heavy (non-hydrogen) atoms. The number of ether oxygens (including phenoxy) is 1. The first-order chi connectivity index (χ1) is 10.2. The Balaban J connectivity index is 2.60. The number of hydrogen-bond acceptors (Lipinski definition) is 4. The standard InChI is InChI=1S/C17H23N3O/c1-4-14-12(10-11-18)15(5-2)20-17(19-14)13-8-6-7-9-16(13)21-3/h6-9H,4-5,10-11,18H2,1-3H3. The van der Waals surface area contributed by atoms with E-state index in [0.29, 0.717) is 6.54 Å². The molecule has 4 nitrogen and oxygen atoms in total. The van der Waals surface area contributed by atoms with Crippen LogP contribution >= 0.6 is 0 Å². The highest BCUT2D eigenvalue weighted by atomic mass is 16.5. The SMILES string of the molecule is CCc1nc(-c2ccccc2OC)nc(CC)c1CCN. The molecule has 0 fully saturated rings. The number of nitrogens with two attached hydrogens (primary N) is 1. The lowest BCUT2D eigenvalue weighted by atomic mass is 10.0. The van der Waals surface area contributed by atoms with E-state index in [1.54, 1.807) is 7.11 Å². The van der Waals surface area contributed by atoms with Crippen LogP contribution in [0.3, 0.4) is 0 Å². The van der Waals surface area contributed by atoms with E-state index in [4.69, 9.17) is 20.4 Å². The van der Waals surface area contributed by atoms with E-state index < -0.39 is 0 Å². The molecule has 0 aliphatic carbocycles. The molecule has 2 aromatic rings. The second kappa shape index (κ2) is 7.18. The molecule has 1 aromatic carbocycles. The predicted molar refractivity (Wildman–Crippen MR) is 85.5 cm³/mol. The third-order valence-electron chi connectivity index (χ3n) is 3.59. The van der Waals surface area contributed by atoms with Crippen molar-refractivity contribution in [1.29, 1.82) is 0 Å². The summed E-state index contributed by atoms with van der Waals surface area (Å²) in [7, 11) is 1.67. The third-order valence-corrected chi connectivity index (χ3v) is 3.59. The number of rotatable bonds is 6. The first-order valence-corrected chi connectivity index (χ1v) is 7.47. The van der Waals surface area contributed by atoms with Crippen LogP contribution in [-0.4, -0.2) is 23.6 Å². The quantitative estimate of drug-likeness (QED) is 0.886. The highest BCUT2D eigenvalue weighted by Gasteiger charge is 2.15. The van der Waals surface area contributed by atoms with Crippen molar-refractivity contribution in [2.24, 2.45) is 5.73 Å². The van der Waals surface area contributed by atoms with Crippen LogP contribution in [-0.2, 0) is 19.3 Å². The predicted octanol–water partition coefficient (Wildman–Crippen LogP) is 2.78. The fourth-order valence-electron chi connectivity index (χ4n) is 2.55. The van der Waals surface area contributed by atoms with Crippen LogP contribution in [0.5, 0.6) is 5.75 Å². The number of methoxy groups -OCH3 is 1. The molecule has 2 N–H and O–H groups in total. The van der Waals surface area contributed by atoms with Crippen LogP contribution in [0.1, 0.15) is 30.8 Å². The van der Waals surface area contributed by atoms with Crippen molar-refractivity contribution >= 4 is 0 Å². The lowest BCUT2D eigenvalue weighted by Crippen LogP contribution is -2.12. The Bertz CT molecular complexity index is 586. The van der Waals surface area contributed by atoms with Crippen LogP contribution in [0.4, 0.5) is 0 Å². The molecule has 112 valence electrons. The highest BCUT2D eigenvalue weighted by molar-refractivity contribution is 5.64. The zero-order valence-corrected chi connectivity index (χ0v) is 13.0. The van der Waals surface area contributed by atoms with Crippen molar-refractivity contribution in [2.45, 2.75) is 33.1 Å². The Morgan fingerprint density at radius 3 is 2.19 bits per heavy atom. The summed E-state index contributed by atoms with van der Waals surface area (Å²) in [5.41, 5.74) is 10.1. The van der Waals surface area contributed by atoms with Gasteiger partial charge in [-0.2, -0.15) is 0 Å². The molecule has 0 radical (unpaired) electrons. The Hall–Kier alpha value is -1.94. The topological polar surface area (TPSA) is 61.0 Å². The zero-order chi connectivity index (χ0) is 15.2. The smallest absolute Gasteiger partial charge is 0.163 e. The van der Waals surface area contributed by atoms with E-state index in [-0.39, 0.29) is 0 Å². The summed E-state index contributed by atoms with van der Waals surface area (Å²) in [5.74, 6) is 1.54. The molecule has 1 aromatic heterocycles. The van der Waals surface area contributed by atoms with Crippen LogP contribution in [0, 0.1) is 0 Å². The summed E-state index contributed by atoms with van der Waals surface area (Å²) in [5, 5.41) is 0. The molecule has 0 unspecified atom stereocenters. The Morgan fingerprint density at radius 1 is 1.05 bits per heavy atom. The van der Waals surface area contributed by atoms with E-state index in [1.807, 2.05) is 24.3 Å². The van der Waals surface area contributed by atoms with Crippen molar-refractivity contribution in [1.82, 2.24) is 9.97 Å². The molecule has 0 saturated carbocycles. The summed E-state index contributed by atoms with van der Waals surface area (Å²) >= 11 is 0. The van der Waals surface area contributed by atoms with Gasteiger partial charge in [0.15, 0.2) is 5.82 Å². The summed E-state index contributed by atoms with van der Waals surface area (Å²) in [6.45, 7) is 4.86. The van der Waals surface area contributed by atoms with Gasteiger partial charge in [0.25, 0.3) is 0 Å². The van der Waals surface area contributed by atoms with Crippen molar-refractivity contribution in [2.75, 3.05) is 13.7 Å². The average molecular weight is 285 g/mol. The average Bonchev–Trinajstić information content (AvgIpc) is 2.55. The third kappa shape index (κ3) is 3.22. The monoisotopic (exact) mass is 285 g/mol. The molecule has 1 heterocycles. The first kappa shape index (κ1) is 15.4. The van der Waals surface area contributed by atoms with E-state index in [2.05, 4.69) is 13.8 Å². The first-order valence-electron chi connectivity index (χ1n) is 7.47. The molecular formula is C17H23N3O. The number of hydrogen-bond donors (Lipinski definition) is 1. The van der Waals surface area contributed by atoms with Crippen LogP contribution < -0.4 is 10.5 Å². The van der Waals surface area contributed by atoms with E-state index in [9.17, 15) is 0 Å². The number of para-hydroxylation sites is 1. The molecule has 0 bridgehead atoms. The van der Waals surface area contributed by atoms with Gasteiger partial charge >= 0.3 is 0 Å². The van der Waals surface area contributed by atoms with Crippen LogP contribution in [0.25, 0.3) is 11.4 Å². The Labute approximate surface area is 126 Å². The van der Waals surface area contributed by atoms with Gasteiger partial charge < -0.3 is 10.5 Å². The van der Waals surface area contributed by atoms with Crippen molar-refractivity contribution < 1.29 is 4.74 Å². The fourth-order valence-corrected chi connectivity index (χ4v) is 2.55. The van der Waals surface area contributed by atoms with Crippen molar-refractivity contribution in [3.05, 3.63) is 41.2 Å². The largest absolute Gasteiger partial charge is 0.496 e. The van der Waals surface area contributed by atoms with Gasteiger partial charge in [0.05, 0.1) is 12.7 Å². The van der Waals surface area contributed by atoms with Gasteiger partial charge in [-0.3, -0.25) is 0 Å². The summed E-state index contributed by atoms with van der Waals surface area (Å²) in [6.07, 6.45) is 2.60. The van der Waals surface area contributed by atoms with Gasteiger partial charge in [-0.05, 0) is 43.5 Å². The fraction of sp³-hybridized carbons (Fsp3) is 0.412. The summed E-state index contributed by atoms with van der Waals surface area (Å²) in [4.78, 5) is 9.50. The Kier molecular flexibility index (Phi) is 5.28. The van der Waals surface area contributed by atoms with Gasteiger partial charge in [-0.25, -0.2) is 9.97 Å². The molecule has 0 saturated heterocycles. The van der Waals surface area contributed by atoms with Gasteiger partial charge in [0.2, 0.25) is 0 Å². The molecule has 2 rings (SSSR count). The maximum Gasteiger partial charge on any atom is 0.163 e. The van der Waals surface area contributed by atoms with E-state index >= 15 is 0 Å². The zero-order valence-electron chi connectivity index (χ0n) is 13.0. The highest BCUT2D eigenvalue weighted by Crippen LogP contribution is 2.28. The summed E-state index contributed by atoms with van der Waals surface area (Å²) < 4.78 is 5.42. The molecule has 4 heteroatoms. The maximum absolute atomic E-state index is 5.73. The number of nitrogens with zero attached hydrogens (tertiary/aromatic N) is 2. The van der Waals surface area contributed by atoms with E-state index in [0.717, 1.165) is 47.8 Å². The molecule has 0 spiro atoms. The van der Waals surface area contributed by atoms with Crippen molar-refractivity contribution in [3.8, 4) is 17.1 Å². The second-order valence-electron chi connectivity index (χ2n) is 4.87. The van der Waals surface area contributed by atoms with Gasteiger partial charge in [0.1, 0.15) is 5.75 Å². The minimum Gasteiger partial charge on any atom is -0.496 e. The lowest BCUT2D eigenvalue weighted by Gasteiger charge is -2.14. The number of aryl methyl sites for hydroxylation is 2. The van der Waals surface area contributed by atoms with Crippen LogP contribution in [0.2, 0.25) is 0 Å². The minimum absolute atomic E-state index is 0.622. The van der Waals surface area contributed by atoms with Crippen LogP contribution in [0.15, 0.2) is 24.3 Å². The number of benzene rings is 1. The molecule has 0 aliphatic heterocycles. The summed E-state index contributed by atoms with van der Waals surface area (Å²) in [6, 6.07) is 7.86. The molecule has 0 amide bonds. The molecule has 0 aliphatic rings. The normalized spacial score (nSPS) is 10.7. The minimum atomic E-state index is 0.622. The molecular weight excluding hydrogens is 262 g/mol. The van der Waals surface area contributed by atoms with Gasteiger partial charge in [0, 0.05) is 11.4 Å². The van der Waals surface area contributed by atoms with Gasteiger partial charge in [-0.15, -0.1) is 0 Å². The van der Waals surface area contributed by atoms with Gasteiger partial charge in [-0.1, -0.05) is 26.0 Å². The van der Waals surface area contributed by atoms with E-state index in [1.165, 1.54) is 5.56 Å². The number of aromatic nitrogens is 2. The lowest BCUT2D eigenvalue weighted by molar-refractivity contribution is 0.416.